The lowest BCUT2D eigenvalue weighted by molar-refractivity contribution is -0.384. The monoisotopic (exact) mass is 386 g/mol. The molecule has 0 bridgehead atoms. The number of nitrogens with zero attached hydrogens (tertiary/aromatic N) is 1. The molecule has 7 heteroatoms. The van der Waals surface area contributed by atoms with Gasteiger partial charge in [-0.2, -0.15) is 0 Å². The van der Waals surface area contributed by atoms with E-state index >= 15 is 0 Å². The van der Waals surface area contributed by atoms with Gasteiger partial charge in [0.05, 0.1) is 27.7 Å². The van der Waals surface area contributed by atoms with Crippen LogP contribution < -0.4 is 10.1 Å². The van der Waals surface area contributed by atoms with Crippen LogP contribution in [0.15, 0.2) is 16.6 Å². The Hall–Kier alpha value is -1.34. The Bertz CT molecular complexity index is 600. The highest BCUT2D eigenvalue weighted by atomic mass is 79.9. The van der Waals surface area contributed by atoms with Crippen LogP contribution in [0.4, 0.5) is 11.4 Å². The van der Waals surface area contributed by atoms with E-state index in [1.165, 1.54) is 13.2 Å². The van der Waals surface area contributed by atoms with Gasteiger partial charge in [-0.3, -0.25) is 10.1 Å². The van der Waals surface area contributed by atoms with Crippen LogP contribution in [0.2, 0.25) is 0 Å². The van der Waals surface area contributed by atoms with Crippen molar-refractivity contribution in [1.29, 1.82) is 0 Å². The van der Waals surface area contributed by atoms with Crippen LogP contribution >= 0.6 is 15.9 Å². The summed E-state index contributed by atoms with van der Waals surface area (Å²) in [6.45, 7) is 8.16. The molecule has 0 saturated carbocycles. The summed E-state index contributed by atoms with van der Waals surface area (Å²) in [5, 5.41) is 14.7. The van der Waals surface area contributed by atoms with E-state index in [0.717, 1.165) is 12.8 Å². The molecule has 1 aromatic rings. The van der Waals surface area contributed by atoms with Gasteiger partial charge in [0.2, 0.25) is 0 Å². The molecule has 0 radical (unpaired) electrons. The molecular weight excluding hydrogens is 364 g/mol. The molecule has 6 nitrogen and oxygen atoms in total. The third-order valence-corrected chi connectivity index (χ3v) is 4.47. The minimum Gasteiger partial charge on any atom is -0.495 e. The van der Waals surface area contributed by atoms with Gasteiger partial charge >= 0.3 is 0 Å². The van der Waals surface area contributed by atoms with Crippen LogP contribution in [0.3, 0.4) is 0 Å². The Kier molecular flexibility index (Phi) is 4.92. The van der Waals surface area contributed by atoms with Crippen LogP contribution in [-0.2, 0) is 4.74 Å². The first kappa shape index (κ1) is 18.0. The Morgan fingerprint density at radius 1 is 1.30 bits per heavy atom. The first-order valence-electron chi connectivity index (χ1n) is 7.52. The maximum atomic E-state index is 11.3. The molecule has 1 N–H and O–H groups in total. The summed E-state index contributed by atoms with van der Waals surface area (Å²) >= 11 is 3.29. The van der Waals surface area contributed by atoms with E-state index in [1.807, 2.05) is 27.7 Å². The molecule has 0 amide bonds. The number of hydrogen-bond donors (Lipinski definition) is 1. The summed E-state index contributed by atoms with van der Waals surface area (Å²) in [7, 11) is 1.54. The number of rotatable bonds is 4. The largest absolute Gasteiger partial charge is 0.495 e. The summed E-state index contributed by atoms with van der Waals surface area (Å²) in [6.07, 6.45) is 1.54. The molecule has 1 fully saturated rings. The molecule has 1 heterocycles. The number of anilines is 1. The SMILES string of the molecule is COc1cc(NC2CC(C)(C)OC(C)(C)C2)c([N+](=O)[O-])cc1Br. The van der Waals surface area contributed by atoms with E-state index in [9.17, 15) is 10.1 Å². The number of nitro benzene ring substituents is 1. The number of nitro groups is 1. The van der Waals surface area contributed by atoms with E-state index < -0.39 is 0 Å². The van der Waals surface area contributed by atoms with Crippen LogP contribution in [-0.4, -0.2) is 29.3 Å². The average Bonchev–Trinajstić information content (AvgIpc) is 2.36. The van der Waals surface area contributed by atoms with E-state index in [4.69, 9.17) is 9.47 Å². The van der Waals surface area contributed by atoms with Crippen molar-refractivity contribution in [2.24, 2.45) is 0 Å². The number of halogens is 1. The molecule has 0 unspecified atom stereocenters. The summed E-state index contributed by atoms with van der Waals surface area (Å²) in [5.74, 6) is 0.559. The quantitative estimate of drug-likeness (QED) is 0.608. The third-order valence-electron chi connectivity index (χ3n) is 3.86. The van der Waals surface area contributed by atoms with E-state index in [2.05, 4.69) is 21.2 Å². The van der Waals surface area contributed by atoms with E-state index in [0.29, 0.717) is 15.9 Å². The predicted octanol–water partition coefficient (Wildman–Crippen LogP) is 4.51. The Balaban J connectivity index is 2.33. The van der Waals surface area contributed by atoms with Crippen LogP contribution in [0, 0.1) is 10.1 Å². The number of nitrogens with one attached hydrogen (secondary N) is 1. The van der Waals surface area contributed by atoms with Crippen molar-refractivity contribution in [1.82, 2.24) is 0 Å². The zero-order valence-corrected chi connectivity index (χ0v) is 15.7. The second-order valence-electron chi connectivity index (χ2n) is 7.13. The Labute approximate surface area is 144 Å². The van der Waals surface area contributed by atoms with E-state index in [1.54, 1.807) is 6.07 Å². The van der Waals surface area contributed by atoms with Gasteiger partial charge in [0.15, 0.2) is 0 Å². The minimum absolute atomic E-state index is 0.0276. The Morgan fingerprint density at radius 3 is 2.35 bits per heavy atom. The highest BCUT2D eigenvalue weighted by molar-refractivity contribution is 9.10. The van der Waals surface area contributed by atoms with Gasteiger partial charge in [-0.15, -0.1) is 0 Å². The number of benzene rings is 1. The first-order chi connectivity index (χ1) is 10.5. The molecule has 1 aliphatic heterocycles. The van der Waals surface area contributed by atoms with E-state index in [-0.39, 0.29) is 27.9 Å². The lowest BCUT2D eigenvalue weighted by atomic mass is 9.85. The van der Waals surface area contributed by atoms with Crippen LogP contribution in [0.1, 0.15) is 40.5 Å². The fourth-order valence-electron chi connectivity index (χ4n) is 3.38. The molecule has 2 rings (SSSR count). The lowest BCUT2D eigenvalue weighted by Gasteiger charge is -2.45. The van der Waals surface area contributed by atoms with Crippen molar-refractivity contribution in [3.63, 3.8) is 0 Å². The maximum absolute atomic E-state index is 11.3. The van der Waals surface area contributed by atoms with Gasteiger partial charge in [0.25, 0.3) is 5.69 Å². The molecule has 1 aliphatic rings. The second-order valence-corrected chi connectivity index (χ2v) is 7.99. The molecule has 0 spiro atoms. The number of ether oxygens (including phenoxy) is 2. The minimum atomic E-state index is -0.387. The van der Waals surface area contributed by atoms with Crippen molar-refractivity contribution >= 4 is 27.3 Å². The molecule has 0 aliphatic carbocycles. The predicted molar refractivity (Wildman–Crippen MR) is 93.2 cm³/mol. The fourth-order valence-corrected chi connectivity index (χ4v) is 3.87. The van der Waals surface area contributed by atoms with Gasteiger partial charge in [0.1, 0.15) is 11.4 Å². The molecular formula is C16H23BrN2O4. The van der Waals surface area contributed by atoms with Gasteiger partial charge in [-0.05, 0) is 56.5 Å². The zero-order valence-electron chi connectivity index (χ0n) is 14.1. The molecule has 0 atom stereocenters. The molecule has 1 aromatic carbocycles. The van der Waals surface area contributed by atoms with Crippen molar-refractivity contribution < 1.29 is 14.4 Å². The van der Waals surface area contributed by atoms with Crippen molar-refractivity contribution in [2.45, 2.75) is 57.8 Å². The first-order valence-corrected chi connectivity index (χ1v) is 8.31. The summed E-state index contributed by atoms with van der Waals surface area (Å²) < 4.78 is 11.9. The Morgan fingerprint density at radius 2 is 1.87 bits per heavy atom. The third kappa shape index (κ3) is 4.35. The standard InChI is InChI=1S/C16H23BrN2O4/c1-15(2)8-10(9-16(3,4)23-15)18-12-7-14(22-5)11(17)6-13(12)19(20)21/h6-7,10,18H,8-9H2,1-5H3. The van der Waals surface area contributed by atoms with Gasteiger partial charge < -0.3 is 14.8 Å². The van der Waals surface area contributed by atoms with Crippen molar-refractivity contribution in [2.75, 3.05) is 12.4 Å². The van der Waals surface area contributed by atoms with Gasteiger partial charge in [0, 0.05) is 18.2 Å². The van der Waals surface area contributed by atoms with Gasteiger partial charge in [-0.1, -0.05) is 0 Å². The average molecular weight is 387 g/mol. The topological polar surface area (TPSA) is 73.6 Å². The molecule has 23 heavy (non-hydrogen) atoms. The maximum Gasteiger partial charge on any atom is 0.293 e. The van der Waals surface area contributed by atoms with Crippen LogP contribution in [0.5, 0.6) is 5.75 Å². The molecule has 0 aromatic heterocycles. The summed E-state index contributed by atoms with van der Waals surface area (Å²) in [4.78, 5) is 11.0. The highest BCUT2D eigenvalue weighted by Gasteiger charge is 2.39. The number of methoxy groups -OCH3 is 1. The second kappa shape index (κ2) is 6.28. The number of hydrogen-bond acceptors (Lipinski definition) is 5. The van der Waals surface area contributed by atoms with Crippen LogP contribution in [0.25, 0.3) is 0 Å². The normalized spacial score (nSPS) is 20.1. The highest BCUT2D eigenvalue weighted by Crippen LogP contribution is 2.40. The molecule has 1 saturated heterocycles. The van der Waals surface area contributed by atoms with Crippen molar-refractivity contribution in [3.8, 4) is 5.75 Å². The zero-order chi connectivity index (χ0) is 17.4. The lowest BCUT2D eigenvalue weighted by Crippen LogP contribution is -2.49. The van der Waals surface area contributed by atoms with Gasteiger partial charge in [-0.25, -0.2) is 0 Å². The summed E-state index contributed by atoms with van der Waals surface area (Å²) in [6, 6.07) is 3.22. The fraction of sp³-hybridized carbons (Fsp3) is 0.625. The molecule has 128 valence electrons. The smallest absolute Gasteiger partial charge is 0.293 e. The summed E-state index contributed by atoms with van der Waals surface area (Å²) in [5.41, 5.74) is -0.0743. The van der Waals surface area contributed by atoms with Crippen molar-refractivity contribution in [3.05, 3.63) is 26.7 Å².